The number of pyridine rings is 1. The summed E-state index contributed by atoms with van der Waals surface area (Å²) >= 11 is 1.53. The second kappa shape index (κ2) is 8.24. The number of hydrogen-bond acceptors (Lipinski definition) is 6. The standard InChI is InChI=1S/C19H22N4OS/c1-24-18-7-5-17(6-8-18)23-11-9-22(10-12-23)14-16-4-3-15(13-20)19(21-16)25-2/h3-8H,9-12,14H2,1-2H3. The van der Waals surface area contributed by atoms with Gasteiger partial charge in [0, 0.05) is 38.4 Å². The fourth-order valence-electron chi connectivity index (χ4n) is 2.99. The van der Waals surface area contributed by atoms with E-state index < -0.39 is 0 Å². The summed E-state index contributed by atoms with van der Waals surface area (Å²) in [5, 5.41) is 9.92. The first-order chi connectivity index (χ1) is 12.2. The quantitative estimate of drug-likeness (QED) is 0.770. The van der Waals surface area contributed by atoms with Gasteiger partial charge in [-0.1, -0.05) is 0 Å². The Kier molecular flexibility index (Phi) is 5.79. The number of ether oxygens (including phenoxy) is 1. The highest BCUT2D eigenvalue weighted by molar-refractivity contribution is 7.98. The monoisotopic (exact) mass is 354 g/mol. The van der Waals surface area contributed by atoms with Crippen LogP contribution in [0.4, 0.5) is 5.69 Å². The van der Waals surface area contributed by atoms with Crippen LogP contribution in [0.3, 0.4) is 0 Å². The Morgan fingerprint density at radius 1 is 1.12 bits per heavy atom. The minimum Gasteiger partial charge on any atom is -0.497 e. The lowest BCUT2D eigenvalue weighted by Gasteiger charge is -2.36. The third kappa shape index (κ3) is 4.25. The Balaban J connectivity index is 1.58. The highest BCUT2D eigenvalue weighted by Crippen LogP contribution is 2.22. The van der Waals surface area contributed by atoms with Crippen molar-refractivity contribution in [2.45, 2.75) is 11.6 Å². The summed E-state index contributed by atoms with van der Waals surface area (Å²) in [6.45, 7) is 4.83. The molecular formula is C19H22N4OS. The van der Waals surface area contributed by atoms with Crippen LogP contribution in [-0.4, -0.2) is 49.4 Å². The predicted octanol–water partition coefficient (Wildman–Crippen LogP) is 3.01. The molecular weight excluding hydrogens is 332 g/mol. The number of hydrogen-bond donors (Lipinski definition) is 0. The lowest BCUT2D eigenvalue weighted by molar-refractivity contribution is 0.246. The average Bonchev–Trinajstić information content (AvgIpc) is 2.68. The van der Waals surface area contributed by atoms with Crippen LogP contribution in [-0.2, 0) is 6.54 Å². The van der Waals surface area contributed by atoms with Crippen molar-refractivity contribution in [2.75, 3.05) is 44.4 Å². The molecule has 0 aliphatic carbocycles. The Morgan fingerprint density at radius 3 is 2.44 bits per heavy atom. The summed E-state index contributed by atoms with van der Waals surface area (Å²) in [5.74, 6) is 0.888. The molecule has 0 spiro atoms. The summed E-state index contributed by atoms with van der Waals surface area (Å²) in [6, 6.07) is 14.3. The molecule has 0 radical (unpaired) electrons. The van der Waals surface area contributed by atoms with Crippen molar-refractivity contribution in [1.29, 1.82) is 5.26 Å². The zero-order valence-corrected chi connectivity index (χ0v) is 15.4. The van der Waals surface area contributed by atoms with E-state index in [9.17, 15) is 0 Å². The maximum Gasteiger partial charge on any atom is 0.119 e. The molecule has 1 saturated heterocycles. The maximum absolute atomic E-state index is 9.11. The lowest BCUT2D eigenvalue weighted by Crippen LogP contribution is -2.46. The molecule has 25 heavy (non-hydrogen) atoms. The van der Waals surface area contributed by atoms with E-state index in [1.165, 1.54) is 17.4 Å². The van der Waals surface area contributed by atoms with Gasteiger partial charge in [0.1, 0.15) is 16.8 Å². The molecule has 2 heterocycles. The Bertz CT molecular complexity index is 749. The summed E-state index contributed by atoms with van der Waals surface area (Å²) in [4.78, 5) is 9.44. The van der Waals surface area contributed by atoms with Crippen molar-refractivity contribution in [3.05, 3.63) is 47.7 Å². The van der Waals surface area contributed by atoms with Crippen LogP contribution in [0.25, 0.3) is 0 Å². The summed E-state index contributed by atoms with van der Waals surface area (Å²) in [6.07, 6.45) is 1.96. The molecule has 130 valence electrons. The van der Waals surface area contributed by atoms with Crippen molar-refractivity contribution < 1.29 is 4.74 Å². The molecule has 1 aliphatic rings. The molecule has 3 rings (SSSR count). The number of nitriles is 1. The number of aromatic nitrogens is 1. The fraction of sp³-hybridized carbons (Fsp3) is 0.368. The van der Waals surface area contributed by atoms with Gasteiger partial charge in [-0.2, -0.15) is 5.26 Å². The van der Waals surface area contributed by atoms with Crippen LogP contribution in [0.1, 0.15) is 11.3 Å². The minimum absolute atomic E-state index is 0.653. The van der Waals surface area contributed by atoms with E-state index in [0.29, 0.717) is 5.56 Å². The van der Waals surface area contributed by atoms with Gasteiger partial charge in [0.05, 0.1) is 18.4 Å². The van der Waals surface area contributed by atoms with E-state index in [1.807, 2.05) is 30.5 Å². The number of piperazine rings is 1. The molecule has 0 N–H and O–H groups in total. The van der Waals surface area contributed by atoms with E-state index in [-0.39, 0.29) is 0 Å². The molecule has 1 aromatic heterocycles. The van der Waals surface area contributed by atoms with E-state index in [2.05, 4.69) is 33.0 Å². The molecule has 0 atom stereocenters. The molecule has 0 unspecified atom stereocenters. The van der Waals surface area contributed by atoms with Gasteiger partial charge in [0.25, 0.3) is 0 Å². The Labute approximate surface area is 153 Å². The van der Waals surface area contributed by atoms with Gasteiger partial charge in [-0.05, 0) is 42.7 Å². The molecule has 5 nitrogen and oxygen atoms in total. The largest absolute Gasteiger partial charge is 0.497 e. The third-order valence-corrected chi connectivity index (χ3v) is 5.13. The zero-order valence-electron chi connectivity index (χ0n) is 14.6. The van der Waals surface area contributed by atoms with Gasteiger partial charge in [0.15, 0.2) is 0 Å². The molecule has 1 aromatic carbocycles. The highest BCUT2D eigenvalue weighted by Gasteiger charge is 2.18. The van der Waals surface area contributed by atoms with Crippen molar-refractivity contribution in [2.24, 2.45) is 0 Å². The van der Waals surface area contributed by atoms with Crippen LogP contribution >= 0.6 is 11.8 Å². The lowest BCUT2D eigenvalue weighted by atomic mass is 10.2. The van der Waals surface area contributed by atoms with Gasteiger partial charge in [-0.15, -0.1) is 11.8 Å². The average molecular weight is 354 g/mol. The van der Waals surface area contributed by atoms with Gasteiger partial charge in [-0.25, -0.2) is 4.98 Å². The van der Waals surface area contributed by atoms with Gasteiger partial charge in [-0.3, -0.25) is 4.90 Å². The normalized spacial score (nSPS) is 15.0. The second-order valence-corrected chi connectivity index (χ2v) is 6.73. The first-order valence-corrected chi connectivity index (χ1v) is 9.51. The Hall–Kier alpha value is -2.23. The number of methoxy groups -OCH3 is 1. The smallest absolute Gasteiger partial charge is 0.119 e. The van der Waals surface area contributed by atoms with Crippen LogP contribution < -0.4 is 9.64 Å². The van der Waals surface area contributed by atoms with Gasteiger partial charge in [0.2, 0.25) is 0 Å². The molecule has 2 aromatic rings. The molecule has 0 bridgehead atoms. The van der Waals surface area contributed by atoms with Crippen LogP contribution in [0, 0.1) is 11.3 Å². The van der Waals surface area contributed by atoms with Crippen LogP contribution in [0.5, 0.6) is 5.75 Å². The SMILES string of the molecule is COc1ccc(N2CCN(Cc3ccc(C#N)c(SC)n3)CC2)cc1. The van der Waals surface area contributed by atoms with E-state index >= 15 is 0 Å². The summed E-state index contributed by atoms with van der Waals surface area (Å²) < 4.78 is 5.22. The van der Waals surface area contributed by atoms with Crippen molar-refractivity contribution >= 4 is 17.4 Å². The topological polar surface area (TPSA) is 52.4 Å². The Morgan fingerprint density at radius 2 is 1.84 bits per heavy atom. The van der Waals surface area contributed by atoms with Crippen molar-refractivity contribution in [3.63, 3.8) is 0 Å². The summed E-state index contributed by atoms with van der Waals surface area (Å²) in [5.41, 5.74) is 2.92. The van der Waals surface area contributed by atoms with Crippen molar-refractivity contribution in [1.82, 2.24) is 9.88 Å². The first kappa shape index (κ1) is 17.6. The maximum atomic E-state index is 9.11. The van der Waals surface area contributed by atoms with E-state index in [0.717, 1.165) is 49.2 Å². The predicted molar refractivity (Wildman–Crippen MR) is 101 cm³/mol. The minimum atomic E-state index is 0.653. The first-order valence-electron chi connectivity index (χ1n) is 8.29. The molecule has 0 saturated carbocycles. The van der Waals surface area contributed by atoms with E-state index in [1.54, 1.807) is 7.11 Å². The fourth-order valence-corrected chi connectivity index (χ4v) is 3.54. The third-order valence-electron chi connectivity index (χ3n) is 4.43. The summed E-state index contributed by atoms with van der Waals surface area (Å²) in [7, 11) is 1.69. The van der Waals surface area contributed by atoms with Crippen LogP contribution in [0.2, 0.25) is 0 Å². The van der Waals surface area contributed by atoms with E-state index in [4.69, 9.17) is 10.00 Å². The highest BCUT2D eigenvalue weighted by atomic mass is 32.2. The number of rotatable bonds is 5. The molecule has 1 aliphatic heterocycles. The number of benzene rings is 1. The zero-order chi connectivity index (χ0) is 17.6. The molecule has 0 amide bonds. The van der Waals surface area contributed by atoms with Gasteiger partial charge < -0.3 is 9.64 Å². The number of thioether (sulfide) groups is 1. The van der Waals surface area contributed by atoms with Crippen LogP contribution in [0.15, 0.2) is 41.4 Å². The molecule has 1 fully saturated rings. The molecule has 6 heteroatoms. The second-order valence-electron chi connectivity index (χ2n) is 5.93. The number of anilines is 1. The van der Waals surface area contributed by atoms with Crippen molar-refractivity contribution in [3.8, 4) is 11.8 Å². The van der Waals surface area contributed by atoms with Gasteiger partial charge >= 0.3 is 0 Å². The number of nitrogens with zero attached hydrogens (tertiary/aromatic N) is 4.